The van der Waals surface area contributed by atoms with E-state index in [1.54, 1.807) is 0 Å². The van der Waals surface area contributed by atoms with Crippen molar-refractivity contribution in [2.75, 3.05) is 0 Å². The minimum absolute atomic E-state index is 1.15. The smallest absolute Gasteiger partial charge is 0.0549 e. The van der Waals surface area contributed by atoms with E-state index in [-0.39, 0.29) is 0 Å². The van der Waals surface area contributed by atoms with Crippen LogP contribution in [0.2, 0.25) is 0 Å². The summed E-state index contributed by atoms with van der Waals surface area (Å²) in [5.41, 5.74) is 18.3. The van der Waals surface area contributed by atoms with Crippen LogP contribution in [0.3, 0.4) is 0 Å². The topological polar surface area (TPSA) is 9.86 Å². The minimum atomic E-state index is 1.15. The number of para-hydroxylation sites is 3. The fourth-order valence-corrected chi connectivity index (χ4v) is 9.34. The van der Waals surface area contributed by atoms with Gasteiger partial charge >= 0.3 is 0 Å². The lowest BCUT2D eigenvalue weighted by molar-refractivity contribution is 0.795. The summed E-state index contributed by atoms with van der Waals surface area (Å²) in [5.74, 6) is 0. The number of benzene rings is 9. The van der Waals surface area contributed by atoms with E-state index in [4.69, 9.17) is 0 Å². The molecule has 0 spiro atoms. The third-order valence-corrected chi connectivity index (χ3v) is 12.4. The lowest BCUT2D eigenvalue weighted by Crippen LogP contribution is -1.97. The van der Waals surface area contributed by atoms with Crippen LogP contribution in [0.5, 0.6) is 0 Å². The van der Waals surface area contributed by atoms with Crippen LogP contribution >= 0.6 is 0 Å². The number of hydrogen-bond acceptors (Lipinski definition) is 0. The molecule has 286 valence electrons. The highest BCUT2D eigenvalue weighted by Crippen LogP contribution is 2.44. The number of hydrogen-bond donors (Lipinski definition) is 0. The summed E-state index contributed by atoms with van der Waals surface area (Å²) in [7, 11) is 0. The average Bonchev–Trinajstić information content (AvgIpc) is 3.84. The maximum atomic E-state index is 2.47. The zero-order valence-corrected chi connectivity index (χ0v) is 33.7. The van der Waals surface area contributed by atoms with E-state index in [1.165, 1.54) is 112 Å². The second-order valence-electron chi connectivity index (χ2n) is 15.9. The van der Waals surface area contributed by atoms with Gasteiger partial charge in [-0.25, -0.2) is 0 Å². The molecule has 2 heterocycles. The van der Waals surface area contributed by atoms with Gasteiger partial charge in [-0.3, -0.25) is 0 Å². The van der Waals surface area contributed by atoms with Gasteiger partial charge in [-0.2, -0.15) is 0 Å². The van der Waals surface area contributed by atoms with E-state index in [0.29, 0.717) is 0 Å². The highest BCUT2D eigenvalue weighted by atomic mass is 15.0. The molecule has 2 heteroatoms. The van der Waals surface area contributed by atoms with Gasteiger partial charge in [0.15, 0.2) is 0 Å². The van der Waals surface area contributed by atoms with E-state index in [9.17, 15) is 0 Å². The van der Waals surface area contributed by atoms with Gasteiger partial charge in [-0.15, -0.1) is 0 Å². The SMILES string of the molecule is CCCCc1ccc(-c2ccc(-c3ccc(-n4c5ccccc5c5c6c7ccccc7n(-c7ccccc7-c7ccc(-c8ccccc8)cc7)c6ccc54)cc3)cc2)cc1. The van der Waals surface area contributed by atoms with Crippen molar-refractivity contribution >= 4 is 43.6 Å². The van der Waals surface area contributed by atoms with E-state index in [2.05, 4.69) is 228 Å². The van der Waals surface area contributed by atoms with Crippen molar-refractivity contribution < 1.29 is 0 Å². The fourth-order valence-electron chi connectivity index (χ4n) is 9.34. The molecule has 2 nitrogen and oxygen atoms in total. The van der Waals surface area contributed by atoms with Crippen molar-refractivity contribution in [2.24, 2.45) is 0 Å². The third kappa shape index (κ3) is 6.12. The lowest BCUT2D eigenvalue weighted by atomic mass is 9.98. The van der Waals surface area contributed by atoms with Gasteiger partial charge in [-0.1, -0.05) is 183 Å². The summed E-state index contributed by atoms with van der Waals surface area (Å²) in [6.07, 6.45) is 3.61. The summed E-state index contributed by atoms with van der Waals surface area (Å²) < 4.78 is 4.91. The molecular formula is C58H44N2. The Hall–Kier alpha value is -7.42. The summed E-state index contributed by atoms with van der Waals surface area (Å²) in [5, 5.41) is 5.06. The Morgan fingerprint density at radius 3 is 1.35 bits per heavy atom. The van der Waals surface area contributed by atoms with Crippen molar-refractivity contribution in [3.63, 3.8) is 0 Å². The molecule has 9 aromatic carbocycles. The number of unbranched alkanes of at least 4 members (excludes halogenated alkanes) is 1. The Bertz CT molecular complexity index is 3290. The van der Waals surface area contributed by atoms with Gasteiger partial charge in [0.25, 0.3) is 0 Å². The molecule has 11 aromatic rings. The average molecular weight is 769 g/mol. The number of rotatable bonds is 9. The molecule has 0 fully saturated rings. The highest BCUT2D eigenvalue weighted by molar-refractivity contribution is 6.29. The molecule has 0 aliphatic rings. The first-order chi connectivity index (χ1) is 29.7. The molecule has 0 bridgehead atoms. The molecular weight excluding hydrogens is 725 g/mol. The molecule has 0 N–H and O–H groups in total. The first kappa shape index (κ1) is 35.7. The van der Waals surface area contributed by atoms with Crippen LogP contribution in [0, 0.1) is 0 Å². The molecule has 0 atom stereocenters. The van der Waals surface area contributed by atoms with Crippen molar-refractivity contribution in [3.05, 3.63) is 218 Å². The minimum Gasteiger partial charge on any atom is -0.309 e. The first-order valence-electron chi connectivity index (χ1n) is 21.2. The van der Waals surface area contributed by atoms with Crippen LogP contribution in [-0.2, 0) is 6.42 Å². The Morgan fingerprint density at radius 2 is 0.767 bits per heavy atom. The van der Waals surface area contributed by atoms with E-state index in [0.717, 1.165) is 12.1 Å². The van der Waals surface area contributed by atoms with Crippen LogP contribution in [-0.4, -0.2) is 9.13 Å². The number of nitrogens with zero attached hydrogens (tertiary/aromatic N) is 2. The third-order valence-electron chi connectivity index (χ3n) is 12.4. The van der Waals surface area contributed by atoms with E-state index in [1.807, 2.05) is 0 Å². The molecule has 0 radical (unpaired) electrons. The summed E-state index contributed by atoms with van der Waals surface area (Å²) >= 11 is 0. The molecule has 11 rings (SSSR count). The molecule has 0 amide bonds. The zero-order chi connectivity index (χ0) is 40.0. The lowest BCUT2D eigenvalue weighted by Gasteiger charge is -2.15. The van der Waals surface area contributed by atoms with Gasteiger partial charge in [-0.05, 0) is 99.8 Å². The normalized spacial score (nSPS) is 11.6. The predicted molar refractivity (Wildman–Crippen MR) is 255 cm³/mol. The van der Waals surface area contributed by atoms with Crippen molar-refractivity contribution in [3.8, 4) is 55.9 Å². The van der Waals surface area contributed by atoms with Gasteiger partial charge in [0.1, 0.15) is 0 Å². The Balaban J connectivity index is 1.00. The van der Waals surface area contributed by atoms with Crippen molar-refractivity contribution in [1.82, 2.24) is 9.13 Å². The molecule has 0 saturated heterocycles. The second kappa shape index (κ2) is 15.1. The predicted octanol–water partition coefficient (Wildman–Crippen LogP) is 15.9. The molecule has 0 aliphatic carbocycles. The maximum Gasteiger partial charge on any atom is 0.0549 e. The molecule has 2 aromatic heterocycles. The van der Waals surface area contributed by atoms with Gasteiger partial charge in [0.2, 0.25) is 0 Å². The van der Waals surface area contributed by atoms with Crippen molar-refractivity contribution in [1.29, 1.82) is 0 Å². The fraction of sp³-hybridized carbons (Fsp3) is 0.0690. The van der Waals surface area contributed by atoms with Crippen LogP contribution in [0.1, 0.15) is 25.3 Å². The quantitative estimate of drug-likeness (QED) is 0.138. The number of aryl methyl sites for hydroxylation is 1. The molecule has 0 saturated carbocycles. The Morgan fingerprint density at radius 1 is 0.333 bits per heavy atom. The van der Waals surface area contributed by atoms with E-state index < -0.39 is 0 Å². The maximum absolute atomic E-state index is 2.47. The van der Waals surface area contributed by atoms with Gasteiger partial charge in [0.05, 0.1) is 27.8 Å². The number of fused-ring (bicyclic) bond motifs is 7. The Labute approximate surface area is 351 Å². The second-order valence-corrected chi connectivity index (χ2v) is 15.9. The van der Waals surface area contributed by atoms with Crippen molar-refractivity contribution in [2.45, 2.75) is 26.2 Å². The highest BCUT2D eigenvalue weighted by Gasteiger charge is 2.21. The first-order valence-corrected chi connectivity index (χ1v) is 21.2. The summed E-state index contributed by atoms with van der Waals surface area (Å²) in [6, 6.07) is 78.0. The largest absolute Gasteiger partial charge is 0.309 e. The van der Waals surface area contributed by atoms with Gasteiger partial charge in [0, 0.05) is 32.8 Å². The van der Waals surface area contributed by atoms with Crippen LogP contribution in [0.15, 0.2) is 212 Å². The molecule has 0 unspecified atom stereocenters. The monoisotopic (exact) mass is 768 g/mol. The molecule has 60 heavy (non-hydrogen) atoms. The standard InChI is InChI=1S/C58H44N2/c1-2-3-13-40-22-24-42(25-23-40)44-26-28-45(29-27-44)46-34-36-48(37-35-46)59-53-20-11-8-17-50(53)57-55(59)38-39-56-58(57)51-18-9-12-21-54(51)60(56)52-19-10-7-16-49(52)47-32-30-43(31-33-47)41-14-5-4-6-15-41/h4-12,14-39H,2-3,13H2,1H3. The van der Waals surface area contributed by atoms with Gasteiger partial charge < -0.3 is 9.13 Å². The van der Waals surface area contributed by atoms with E-state index >= 15 is 0 Å². The van der Waals surface area contributed by atoms with Crippen LogP contribution < -0.4 is 0 Å². The van der Waals surface area contributed by atoms with Crippen LogP contribution in [0.4, 0.5) is 0 Å². The zero-order valence-electron chi connectivity index (χ0n) is 33.7. The number of aromatic nitrogens is 2. The molecule has 0 aliphatic heterocycles. The summed E-state index contributed by atoms with van der Waals surface area (Å²) in [4.78, 5) is 0. The summed E-state index contributed by atoms with van der Waals surface area (Å²) in [6.45, 7) is 2.25. The van der Waals surface area contributed by atoms with Crippen LogP contribution in [0.25, 0.3) is 99.5 Å². The Kier molecular flexibility index (Phi) is 8.97.